The van der Waals surface area contributed by atoms with Gasteiger partial charge in [-0.3, -0.25) is 15.1 Å². The molecule has 2 heterocycles. The number of aromatic nitrogens is 3. The molecule has 2 aromatic heterocycles. The quantitative estimate of drug-likeness (QED) is 0.811. The van der Waals surface area contributed by atoms with Crippen LogP contribution in [0.5, 0.6) is 0 Å². The Morgan fingerprint density at radius 3 is 2.94 bits per heavy atom. The van der Waals surface area contributed by atoms with E-state index in [0.717, 1.165) is 5.69 Å². The zero-order valence-electron chi connectivity index (χ0n) is 8.68. The number of H-pyrrole nitrogens is 1. The molecule has 0 spiro atoms. The molecule has 1 amide bonds. The number of rotatable bonds is 4. The highest BCUT2D eigenvalue weighted by Crippen LogP contribution is 2.01. The maximum Gasteiger partial charge on any atom is 0.227 e. The summed E-state index contributed by atoms with van der Waals surface area (Å²) in [6.45, 7) is 0. The molecule has 5 nitrogen and oxygen atoms in total. The zero-order valence-corrected chi connectivity index (χ0v) is 8.68. The standard InChI is InChI=1S/C11H12N4O/c16-10(15-11-13-7-8-14-11)5-4-9-3-1-2-6-12-9/h1-3,6-8H,4-5H2,(H2,13,14,15,16). The highest BCUT2D eigenvalue weighted by atomic mass is 16.1. The van der Waals surface area contributed by atoms with Crippen molar-refractivity contribution in [3.05, 3.63) is 42.5 Å². The lowest BCUT2D eigenvalue weighted by Crippen LogP contribution is -2.13. The number of nitrogens with one attached hydrogen (secondary N) is 2. The highest BCUT2D eigenvalue weighted by molar-refractivity contribution is 5.88. The van der Waals surface area contributed by atoms with Crippen LogP contribution in [0.2, 0.25) is 0 Å². The molecule has 82 valence electrons. The van der Waals surface area contributed by atoms with E-state index < -0.39 is 0 Å². The molecule has 0 saturated carbocycles. The first-order valence-corrected chi connectivity index (χ1v) is 5.04. The first-order valence-electron chi connectivity index (χ1n) is 5.04. The van der Waals surface area contributed by atoms with E-state index in [1.807, 2.05) is 18.2 Å². The van der Waals surface area contributed by atoms with Crippen molar-refractivity contribution in [2.45, 2.75) is 12.8 Å². The van der Waals surface area contributed by atoms with Gasteiger partial charge in [-0.05, 0) is 18.6 Å². The van der Waals surface area contributed by atoms with E-state index in [1.54, 1.807) is 18.6 Å². The van der Waals surface area contributed by atoms with Crippen LogP contribution in [0.15, 0.2) is 36.8 Å². The van der Waals surface area contributed by atoms with Crippen molar-refractivity contribution in [2.24, 2.45) is 0 Å². The Balaban J connectivity index is 1.80. The van der Waals surface area contributed by atoms with E-state index in [9.17, 15) is 4.79 Å². The average Bonchev–Trinajstić information content (AvgIpc) is 2.81. The van der Waals surface area contributed by atoms with Crippen molar-refractivity contribution in [1.29, 1.82) is 0 Å². The predicted octanol–water partition coefficient (Wildman–Crippen LogP) is 1.38. The molecular formula is C11H12N4O. The Bertz CT molecular complexity index is 438. The molecule has 0 fully saturated rings. The van der Waals surface area contributed by atoms with E-state index in [4.69, 9.17) is 0 Å². The SMILES string of the molecule is O=C(CCc1ccccn1)Nc1ncc[nH]1. The van der Waals surface area contributed by atoms with Gasteiger partial charge in [0.05, 0.1) is 0 Å². The van der Waals surface area contributed by atoms with Gasteiger partial charge in [0.1, 0.15) is 0 Å². The summed E-state index contributed by atoms with van der Waals surface area (Å²) in [7, 11) is 0. The van der Waals surface area contributed by atoms with Crippen molar-refractivity contribution in [2.75, 3.05) is 5.32 Å². The number of anilines is 1. The van der Waals surface area contributed by atoms with Crippen LogP contribution in [0, 0.1) is 0 Å². The summed E-state index contributed by atoms with van der Waals surface area (Å²) in [5.74, 6) is 0.409. The lowest BCUT2D eigenvalue weighted by Gasteiger charge is -2.01. The zero-order chi connectivity index (χ0) is 11.2. The third-order valence-corrected chi connectivity index (χ3v) is 2.09. The van der Waals surface area contributed by atoms with Gasteiger partial charge in [0.15, 0.2) is 0 Å². The normalized spacial score (nSPS) is 10.0. The number of amides is 1. The van der Waals surface area contributed by atoms with Gasteiger partial charge in [0.25, 0.3) is 0 Å². The van der Waals surface area contributed by atoms with E-state index in [2.05, 4.69) is 20.3 Å². The first-order chi connectivity index (χ1) is 7.84. The van der Waals surface area contributed by atoms with Gasteiger partial charge >= 0.3 is 0 Å². The van der Waals surface area contributed by atoms with Gasteiger partial charge < -0.3 is 4.98 Å². The molecule has 0 aliphatic heterocycles. The molecule has 0 unspecified atom stereocenters. The van der Waals surface area contributed by atoms with Crippen LogP contribution in [-0.2, 0) is 11.2 Å². The van der Waals surface area contributed by atoms with Crippen molar-refractivity contribution in [3.63, 3.8) is 0 Å². The molecule has 2 aromatic rings. The van der Waals surface area contributed by atoms with Gasteiger partial charge in [0, 0.05) is 30.7 Å². The van der Waals surface area contributed by atoms with E-state index in [1.165, 1.54) is 0 Å². The Morgan fingerprint density at radius 1 is 1.31 bits per heavy atom. The smallest absolute Gasteiger partial charge is 0.227 e. The molecule has 0 saturated heterocycles. The van der Waals surface area contributed by atoms with Gasteiger partial charge in [-0.25, -0.2) is 4.98 Å². The van der Waals surface area contributed by atoms with Crippen LogP contribution < -0.4 is 5.32 Å². The molecule has 5 heteroatoms. The van der Waals surface area contributed by atoms with Gasteiger partial charge in [-0.15, -0.1) is 0 Å². The highest BCUT2D eigenvalue weighted by Gasteiger charge is 2.04. The maximum atomic E-state index is 11.5. The van der Waals surface area contributed by atoms with Crippen LogP contribution in [0.25, 0.3) is 0 Å². The molecule has 0 aromatic carbocycles. The maximum absolute atomic E-state index is 11.5. The summed E-state index contributed by atoms with van der Waals surface area (Å²) in [6, 6.07) is 5.67. The molecule has 0 bridgehead atoms. The number of carbonyl (C=O) groups excluding carboxylic acids is 1. The second-order valence-corrected chi connectivity index (χ2v) is 3.31. The second kappa shape index (κ2) is 5.06. The summed E-state index contributed by atoms with van der Waals surface area (Å²) >= 11 is 0. The molecule has 0 aliphatic rings. The van der Waals surface area contributed by atoms with Crippen LogP contribution in [0.4, 0.5) is 5.95 Å². The Hall–Kier alpha value is -2.17. The van der Waals surface area contributed by atoms with Crippen LogP contribution in [-0.4, -0.2) is 20.9 Å². The number of imidazole rings is 1. The van der Waals surface area contributed by atoms with Gasteiger partial charge in [-0.2, -0.15) is 0 Å². The predicted molar refractivity (Wildman–Crippen MR) is 59.8 cm³/mol. The molecule has 0 atom stereocenters. The fraction of sp³-hybridized carbons (Fsp3) is 0.182. The van der Waals surface area contributed by atoms with Crippen molar-refractivity contribution in [3.8, 4) is 0 Å². The van der Waals surface area contributed by atoms with E-state index >= 15 is 0 Å². The van der Waals surface area contributed by atoms with E-state index in [0.29, 0.717) is 18.8 Å². The lowest BCUT2D eigenvalue weighted by atomic mass is 10.2. The van der Waals surface area contributed by atoms with Gasteiger partial charge in [-0.1, -0.05) is 6.07 Å². The number of carbonyl (C=O) groups is 1. The number of hydrogen-bond acceptors (Lipinski definition) is 3. The van der Waals surface area contributed by atoms with Crippen LogP contribution in [0.1, 0.15) is 12.1 Å². The number of pyridine rings is 1. The summed E-state index contributed by atoms with van der Waals surface area (Å²) in [6.07, 6.45) is 6.01. The topological polar surface area (TPSA) is 70.7 Å². The molecule has 16 heavy (non-hydrogen) atoms. The number of nitrogens with zero attached hydrogens (tertiary/aromatic N) is 2. The average molecular weight is 216 g/mol. The van der Waals surface area contributed by atoms with Crippen LogP contribution in [0.3, 0.4) is 0 Å². The fourth-order valence-corrected chi connectivity index (χ4v) is 1.32. The fourth-order valence-electron chi connectivity index (χ4n) is 1.32. The number of aromatic amines is 1. The van der Waals surface area contributed by atoms with Crippen molar-refractivity contribution >= 4 is 11.9 Å². The Labute approximate surface area is 92.9 Å². The monoisotopic (exact) mass is 216 g/mol. The van der Waals surface area contributed by atoms with Crippen LogP contribution >= 0.6 is 0 Å². The minimum absolute atomic E-state index is 0.0689. The Morgan fingerprint density at radius 2 is 2.25 bits per heavy atom. The van der Waals surface area contributed by atoms with Crippen molar-refractivity contribution < 1.29 is 4.79 Å². The lowest BCUT2D eigenvalue weighted by molar-refractivity contribution is -0.116. The molecule has 2 rings (SSSR count). The number of hydrogen-bond donors (Lipinski definition) is 2. The number of aryl methyl sites for hydroxylation is 1. The van der Waals surface area contributed by atoms with Crippen molar-refractivity contribution in [1.82, 2.24) is 15.0 Å². The minimum Gasteiger partial charge on any atom is -0.331 e. The first kappa shape index (κ1) is 10.4. The van der Waals surface area contributed by atoms with Gasteiger partial charge in [0.2, 0.25) is 11.9 Å². The summed E-state index contributed by atoms with van der Waals surface area (Å²) in [5, 5.41) is 2.66. The third-order valence-electron chi connectivity index (χ3n) is 2.09. The largest absolute Gasteiger partial charge is 0.331 e. The molecular weight excluding hydrogens is 204 g/mol. The summed E-state index contributed by atoms with van der Waals surface area (Å²) in [4.78, 5) is 22.3. The van der Waals surface area contributed by atoms with E-state index in [-0.39, 0.29) is 5.91 Å². The second-order valence-electron chi connectivity index (χ2n) is 3.31. The molecule has 2 N–H and O–H groups in total. The molecule has 0 radical (unpaired) electrons. The third kappa shape index (κ3) is 2.91. The Kier molecular flexibility index (Phi) is 3.28. The minimum atomic E-state index is -0.0689. The molecule has 0 aliphatic carbocycles. The summed E-state index contributed by atoms with van der Waals surface area (Å²) < 4.78 is 0. The summed E-state index contributed by atoms with van der Waals surface area (Å²) in [5.41, 5.74) is 0.914.